The number of nitrogens with one attached hydrogen (secondary N) is 1. The molecule has 0 aromatic heterocycles. The van der Waals surface area contributed by atoms with Crippen molar-refractivity contribution in [1.29, 1.82) is 0 Å². The Morgan fingerprint density at radius 2 is 1.93 bits per heavy atom. The molecule has 3 N–H and O–H groups in total. The average Bonchev–Trinajstić information content (AvgIpc) is 2.30. The van der Waals surface area contributed by atoms with E-state index >= 15 is 0 Å². The van der Waals surface area contributed by atoms with E-state index in [1.54, 1.807) is 6.07 Å². The minimum Gasteiger partial charge on any atom is -0.364 e. The fraction of sp³-hybridized carbons (Fsp3) is 0.500. The number of hydrogen-bond donors (Lipinski definition) is 3. The van der Waals surface area contributed by atoms with Crippen LogP contribution in [-0.2, 0) is 0 Å². The monoisotopic (exact) mass is 207 g/mol. The van der Waals surface area contributed by atoms with Gasteiger partial charge in [-0.15, -0.1) is 0 Å². The summed E-state index contributed by atoms with van der Waals surface area (Å²) in [5.74, 6) is 0.560. The van der Waals surface area contributed by atoms with Crippen LogP contribution >= 0.6 is 0 Å². The van der Waals surface area contributed by atoms with Crippen molar-refractivity contribution in [1.82, 2.24) is 5.32 Å². The summed E-state index contributed by atoms with van der Waals surface area (Å²) in [6, 6.07) is 7.61. The van der Waals surface area contributed by atoms with Crippen LogP contribution in [0.25, 0.3) is 0 Å². The molecule has 0 unspecified atom stereocenters. The van der Waals surface area contributed by atoms with Crippen LogP contribution in [0.15, 0.2) is 24.3 Å². The summed E-state index contributed by atoms with van der Waals surface area (Å²) in [6.45, 7) is 2.10. The maximum atomic E-state index is 9.09. The van der Waals surface area contributed by atoms with Crippen LogP contribution in [0.2, 0.25) is 0 Å². The maximum Gasteiger partial charge on any atom is 0.178 e. The predicted octanol–water partition coefficient (Wildman–Crippen LogP) is 1.14. The topological polar surface area (TPSA) is 52.5 Å². The van der Waals surface area contributed by atoms with Crippen molar-refractivity contribution in [2.75, 3.05) is 13.1 Å². The van der Waals surface area contributed by atoms with Crippen LogP contribution < -0.4 is 5.32 Å². The lowest BCUT2D eigenvalue weighted by atomic mass is 9.89. The number of aliphatic hydroxyl groups is 2. The van der Waals surface area contributed by atoms with E-state index in [0.717, 1.165) is 25.9 Å². The molecule has 1 aromatic rings. The molecule has 15 heavy (non-hydrogen) atoms. The Kier molecular flexibility index (Phi) is 3.36. The molecule has 0 radical (unpaired) electrons. The molecule has 1 aliphatic heterocycles. The van der Waals surface area contributed by atoms with Gasteiger partial charge < -0.3 is 15.5 Å². The van der Waals surface area contributed by atoms with E-state index in [1.165, 1.54) is 5.56 Å². The van der Waals surface area contributed by atoms with E-state index in [9.17, 15) is 0 Å². The van der Waals surface area contributed by atoms with Crippen molar-refractivity contribution in [2.24, 2.45) is 0 Å². The number of rotatable bonds is 2. The lowest BCUT2D eigenvalue weighted by molar-refractivity contribution is -0.0425. The Morgan fingerprint density at radius 1 is 1.20 bits per heavy atom. The van der Waals surface area contributed by atoms with E-state index in [1.807, 2.05) is 12.1 Å². The van der Waals surface area contributed by atoms with Crippen LogP contribution in [0.4, 0.5) is 0 Å². The fourth-order valence-electron chi connectivity index (χ4n) is 2.13. The zero-order valence-electron chi connectivity index (χ0n) is 8.69. The summed E-state index contributed by atoms with van der Waals surface area (Å²) in [4.78, 5) is 0. The first-order chi connectivity index (χ1) is 7.27. The molecule has 1 fully saturated rings. The molecule has 0 atom stereocenters. The number of hydrogen-bond acceptors (Lipinski definition) is 3. The van der Waals surface area contributed by atoms with Crippen molar-refractivity contribution in [3.63, 3.8) is 0 Å². The second-order valence-electron chi connectivity index (χ2n) is 4.07. The van der Waals surface area contributed by atoms with Crippen molar-refractivity contribution in [3.05, 3.63) is 35.4 Å². The van der Waals surface area contributed by atoms with Crippen molar-refractivity contribution in [2.45, 2.75) is 25.0 Å². The van der Waals surface area contributed by atoms with Gasteiger partial charge in [-0.05, 0) is 37.4 Å². The molecule has 0 spiro atoms. The number of benzene rings is 1. The first-order valence-electron chi connectivity index (χ1n) is 5.44. The van der Waals surface area contributed by atoms with Crippen molar-refractivity contribution < 1.29 is 10.2 Å². The first kappa shape index (κ1) is 10.6. The molecule has 0 amide bonds. The van der Waals surface area contributed by atoms with Gasteiger partial charge in [0, 0.05) is 5.56 Å². The highest BCUT2D eigenvalue weighted by atomic mass is 16.5. The van der Waals surface area contributed by atoms with Gasteiger partial charge in [-0.2, -0.15) is 0 Å². The van der Waals surface area contributed by atoms with Crippen LogP contribution in [0.5, 0.6) is 0 Å². The quantitative estimate of drug-likeness (QED) is 0.637. The normalized spacial score (nSPS) is 18.3. The van der Waals surface area contributed by atoms with E-state index < -0.39 is 6.29 Å². The highest BCUT2D eigenvalue weighted by Crippen LogP contribution is 2.26. The molecule has 1 aliphatic rings. The molecule has 0 aliphatic carbocycles. The Balaban J connectivity index is 2.16. The molecule has 1 saturated heterocycles. The number of piperidine rings is 1. The van der Waals surface area contributed by atoms with Crippen LogP contribution in [0.3, 0.4) is 0 Å². The smallest absolute Gasteiger partial charge is 0.178 e. The maximum absolute atomic E-state index is 9.09. The molecule has 1 aromatic carbocycles. The summed E-state index contributed by atoms with van der Waals surface area (Å²) < 4.78 is 0. The lowest BCUT2D eigenvalue weighted by Gasteiger charge is -2.23. The predicted molar refractivity (Wildman–Crippen MR) is 58.5 cm³/mol. The molecule has 3 nitrogen and oxygen atoms in total. The highest BCUT2D eigenvalue weighted by molar-refractivity contribution is 5.27. The van der Waals surface area contributed by atoms with Crippen LogP contribution in [0, 0.1) is 0 Å². The SMILES string of the molecule is OC(O)c1cccc(C2CCNCC2)c1. The summed E-state index contributed by atoms with van der Waals surface area (Å²) >= 11 is 0. The van der Waals surface area contributed by atoms with Gasteiger partial charge in [-0.1, -0.05) is 24.3 Å². The average molecular weight is 207 g/mol. The highest BCUT2D eigenvalue weighted by Gasteiger charge is 2.15. The Morgan fingerprint density at radius 3 is 2.60 bits per heavy atom. The third kappa shape index (κ3) is 2.56. The van der Waals surface area contributed by atoms with Gasteiger partial charge >= 0.3 is 0 Å². The van der Waals surface area contributed by atoms with E-state index in [4.69, 9.17) is 10.2 Å². The Bertz CT molecular complexity index is 319. The zero-order chi connectivity index (χ0) is 10.7. The molecule has 0 bridgehead atoms. The Hall–Kier alpha value is -0.900. The van der Waals surface area contributed by atoms with Gasteiger partial charge in [0.2, 0.25) is 0 Å². The zero-order valence-corrected chi connectivity index (χ0v) is 8.69. The van der Waals surface area contributed by atoms with E-state index in [0.29, 0.717) is 11.5 Å². The molecule has 82 valence electrons. The van der Waals surface area contributed by atoms with Crippen molar-refractivity contribution >= 4 is 0 Å². The van der Waals surface area contributed by atoms with Crippen molar-refractivity contribution in [3.8, 4) is 0 Å². The Labute approximate surface area is 89.8 Å². The van der Waals surface area contributed by atoms with Gasteiger partial charge in [0.1, 0.15) is 0 Å². The molecule has 1 heterocycles. The summed E-state index contributed by atoms with van der Waals surface area (Å²) in [6.07, 6.45) is 0.905. The molecule has 2 rings (SSSR count). The van der Waals surface area contributed by atoms with Gasteiger partial charge in [-0.25, -0.2) is 0 Å². The molecule has 3 heteroatoms. The first-order valence-corrected chi connectivity index (χ1v) is 5.44. The van der Waals surface area contributed by atoms with Gasteiger partial charge in [0.15, 0.2) is 6.29 Å². The fourth-order valence-corrected chi connectivity index (χ4v) is 2.13. The van der Waals surface area contributed by atoms with Crippen LogP contribution in [-0.4, -0.2) is 23.3 Å². The molecular formula is C12H17NO2. The lowest BCUT2D eigenvalue weighted by Crippen LogP contribution is -2.26. The van der Waals surface area contributed by atoms with Crippen LogP contribution in [0.1, 0.15) is 36.2 Å². The number of aliphatic hydroxyl groups excluding tert-OH is 1. The van der Waals surface area contributed by atoms with Gasteiger partial charge in [0.05, 0.1) is 0 Å². The summed E-state index contributed by atoms with van der Waals surface area (Å²) in [5.41, 5.74) is 1.81. The van der Waals surface area contributed by atoms with Gasteiger partial charge in [-0.3, -0.25) is 0 Å². The third-order valence-corrected chi connectivity index (χ3v) is 3.02. The largest absolute Gasteiger partial charge is 0.364 e. The summed E-state index contributed by atoms with van der Waals surface area (Å²) in [7, 11) is 0. The van der Waals surface area contributed by atoms with E-state index in [2.05, 4.69) is 11.4 Å². The standard InChI is InChI=1S/C12H17NO2/c14-12(15)11-3-1-2-10(8-11)9-4-6-13-7-5-9/h1-3,8-9,12-15H,4-7H2. The molecular weight excluding hydrogens is 190 g/mol. The van der Waals surface area contributed by atoms with E-state index in [-0.39, 0.29) is 0 Å². The minimum absolute atomic E-state index is 0.560. The summed E-state index contributed by atoms with van der Waals surface area (Å²) in [5, 5.41) is 21.5. The molecule has 0 saturated carbocycles. The second-order valence-corrected chi connectivity index (χ2v) is 4.07. The minimum atomic E-state index is -1.35. The third-order valence-electron chi connectivity index (χ3n) is 3.02. The van der Waals surface area contributed by atoms with Gasteiger partial charge in [0.25, 0.3) is 0 Å². The second kappa shape index (κ2) is 4.75.